The van der Waals surface area contributed by atoms with Crippen molar-refractivity contribution in [2.75, 3.05) is 13.2 Å². The highest BCUT2D eigenvalue weighted by molar-refractivity contribution is 4.79. The average Bonchev–Trinajstić information content (AvgIpc) is 2.29. The molecule has 0 N–H and O–H groups in total. The van der Waals surface area contributed by atoms with Crippen LogP contribution in [0.2, 0.25) is 0 Å². The van der Waals surface area contributed by atoms with Gasteiger partial charge in [-0.1, -0.05) is 39.8 Å². The molecule has 0 aliphatic heterocycles. The Bertz CT molecular complexity index is 163. The second-order valence-corrected chi connectivity index (χ2v) is 3.91. The molecule has 0 heterocycles. The maximum Gasteiger partial charge on any atom is 0.0961 e. The molecule has 0 atom stereocenters. The van der Waals surface area contributed by atoms with Crippen LogP contribution in [0.5, 0.6) is 0 Å². The summed E-state index contributed by atoms with van der Waals surface area (Å²) in [4.78, 5) is 0. The predicted molar refractivity (Wildman–Crippen MR) is 64.5 cm³/mol. The average molecular weight is 212 g/mol. The van der Waals surface area contributed by atoms with E-state index in [1.54, 1.807) is 0 Å². The molecule has 0 aliphatic rings. The Balaban J connectivity index is 4.28. The Hall–Kier alpha value is -0.920. The van der Waals surface area contributed by atoms with Crippen molar-refractivity contribution in [2.24, 2.45) is 5.41 Å². The Morgan fingerprint density at radius 2 is 1.60 bits per heavy atom. The van der Waals surface area contributed by atoms with Crippen molar-refractivity contribution in [3.05, 3.63) is 25.7 Å². The summed E-state index contributed by atoms with van der Waals surface area (Å²) in [7, 11) is 0. The van der Waals surface area contributed by atoms with Crippen molar-refractivity contribution in [2.45, 2.75) is 39.5 Å². The van der Waals surface area contributed by atoms with Gasteiger partial charge in [0.1, 0.15) is 0 Å². The summed E-state index contributed by atoms with van der Waals surface area (Å²) in [5, 5.41) is 0. The summed E-state index contributed by atoms with van der Waals surface area (Å²) in [5.41, 5.74) is 0.110. The van der Waals surface area contributed by atoms with E-state index < -0.39 is 0 Å². The summed E-state index contributed by atoms with van der Waals surface area (Å²) >= 11 is 0. The van der Waals surface area contributed by atoms with Crippen molar-refractivity contribution in [3.63, 3.8) is 0 Å². The summed E-state index contributed by atoms with van der Waals surface area (Å²) in [6.07, 6.45) is 7.59. The number of unbranched alkanes of at least 4 members (excludes halogenated alkanes) is 1. The normalized spacial score (nSPS) is 10.8. The van der Waals surface area contributed by atoms with Gasteiger partial charge in [-0.15, -0.1) is 0 Å². The zero-order valence-electron chi connectivity index (χ0n) is 10.1. The smallest absolute Gasteiger partial charge is 0.0961 e. The highest BCUT2D eigenvalue weighted by atomic mass is 16.5. The van der Waals surface area contributed by atoms with Crippen molar-refractivity contribution in [1.82, 2.24) is 0 Å². The molecule has 0 radical (unpaired) electrons. The fourth-order valence-electron chi connectivity index (χ4n) is 1.59. The van der Waals surface area contributed by atoms with Gasteiger partial charge < -0.3 is 9.47 Å². The van der Waals surface area contributed by atoms with Crippen molar-refractivity contribution in [3.8, 4) is 0 Å². The van der Waals surface area contributed by atoms with Crippen LogP contribution in [-0.4, -0.2) is 13.2 Å². The third kappa shape index (κ3) is 5.50. The highest BCUT2D eigenvalue weighted by Gasteiger charge is 2.28. The van der Waals surface area contributed by atoms with Gasteiger partial charge in [-0.05, 0) is 12.8 Å². The lowest BCUT2D eigenvalue weighted by Gasteiger charge is -2.31. The van der Waals surface area contributed by atoms with Gasteiger partial charge in [0.15, 0.2) is 0 Å². The van der Waals surface area contributed by atoms with Crippen LogP contribution in [0, 0.1) is 5.41 Å². The second kappa shape index (κ2) is 8.39. The molecule has 0 fully saturated rings. The van der Waals surface area contributed by atoms with E-state index in [0.29, 0.717) is 13.2 Å². The van der Waals surface area contributed by atoms with Crippen molar-refractivity contribution in [1.29, 1.82) is 0 Å². The molecular weight excluding hydrogens is 188 g/mol. The Kier molecular flexibility index (Phi) is 7.88. The molecule has 0 saturated carbocycles. The summed E-state index contributed by atoms with van der Waals surface area (Å²) in [6, 6.07) is 0. The predicted octanol–water partition coefficient (Wildman–Crippen LogP) is 3.89. The van der Waals surface area contributed by atoms with Crippen molar-refractivity contribution >= 4 is 0 Å². The molecule has 2 nitrogen and oxygen atoms in total. The lowest BCUT2D eigenvalue weighted by Crippen LogP contribution is -2.30. The topological polar surface area (TPSA) is 18.5 Å². The van der Waals surface area contributed by atoms with E-state index in [-0.39, 0.29) is 5.41 Å². The molecule has 88 valence electrons. The van der Waals surface area contributed by atoms with Crippen LogP contribution in [0.1, 0.15) is 39.5 Å². The molecule has 0 saturated heterocycles. The summed E-state index contributed by atoms with van der Waals surface area (Å²) in [5.74, 6) is 0. The van der Waals surface area contributed by atoms with E-state index in [1.165, 1.54) is 25.4 Å². The fourth-order valence-corrected chi connectivity index (χ4v) is 1.59. The van der Waals surface area contributed by atoms with Crippen molar-refractivity contribution < 1.29 is 9.47 Å². The Labute approximate surface area is 94.0 Å². The molecule has 0 aromatic heterocycles. The van der Waals surface area contributed by atoms with E-state index in [4.69, 9.17) is 9.47 Å². The maximum absolute atomic E-state index is 5.33. The molecule has 2 heteroatoms. The Morgan fingerprint density at radius 3 is 1.93 bits per heavy atom. The fraction of sp³-hybridized carbons (Fsp3) is 0.692. The van der Waals surface area contributed by atoms with E-state index in [9.17, 15) is 0 Å². The molecule has 0 rings (SSSR count). The first kappa shape index (κ1) is 14.1. The molecule has 0 aromatic rings. The number of ether oxygens (including phenoxy) is 2. The van der Waals surface area contributed by atoms with Crippen LogP contribution in [0.4, 0.5) is 0 Å². The molecule has 0 unspecified atom stereocenters. The third-order valence-corrected chi connectivity index (χ3v) is 2.83. The second-order valence-electron chi connectivity index (χ2n) is 3.91. The minimum Gasteiger partial charge on any atom is -0.501 e. The van der Waals surface area contributed by atoms with Crippen LogP contribution in [0.3, 0.4) is 0 Å². The lowest BCUT2D eigenvalue weighted by molar-refractivity contribution is 0.0273. The van der Waals surface area contributed by atoms with Gasteiger partial charge >= 0.3 is 0 Å². The summed E-state index contributed by atoms with van der Waals surface area (Å²) in [6.45, 7) is 12.9. The SMILES string of the molecule is C=COCC(CC)(CCCC)COC=C. The van der Waals surface area contributed by atoms with E-state index >= 15 is 0 Å². The molecule has 0 aliphatic carbocycles. The monoisotopic (exact) mass is 212 g/mol. The standard InChI is InChI=1S/C13H24O2/c1-5-9-10-13(6-2,11-14-7-3)12-15-8-4/h7-8H,3-6,9-12H2,1-2H3. The molecular formula is C13H24O2. The quantitative estimate of drug-likeness (QED) is 0.511. The van der Waals surface area contributed by atoms with Gasteiger partial charge in [-0.25, -0.2) is 0 Å². The third-order valence-electron chi connectivity index (χ3n) is 2.83. The zero-order valence-corrected chi connectivity index (χ0v) is 10.1. The van der Waals surface area contributed by atoms with Crippen LogP contribution < -0.4 is 0 Å². The van der Waals surface area contributed by atoms with E-state index in [1.807, 2.05) is 0 Å². The zero-order chi connectivity index (χ0) is 11.6. The largest absolute Gasteiger partial charge is 0.501 e. The number of rotatable bonds is 10. The van der Waals surface area contributed by atoms with Crippen LogP contribution >= 0.6 is 0 Å². The molecule has 15 heavy (non-hydrogen) atoms. The Morgan fingerprint density at radius 1 is 1.07 bits per heavy atom. The minimum atomic E-state index is 0.110. The maximum atomic E-state index is 5.33. The molecule has 0 aromatic carbocycles. The van der Waals surface area contributed by atoms with Gasteiger partial charge in [0, 0.05) is 5.41 Å². The summed E-state index contributed by atoms with van der Waals surface area (Å²) < 4.78 is 10.7. The van der Waals surface area contributed by atoms with E-state index in [0.717, 1.165) is 12.8 Å². The van der Waals surface area contributed by atoms with Gasteiger partial charge in [-0.3, -0.25) is 0 Å². The van der Waals surface area contributed by atoms with Gasteiger partial charge in [-0.2, -0.15) is 0 Å². The first-order valence-corrected chi connectivity index (χ1v) is 5.69. The first-order valence-electron chi connectivity index (χ1n) is 5.69. The lowest BCUT2D eigenvalue weighted by atomic mass is 9.82. The number of hydrogen-bond acceptors (Lipinski definition) is 2. The van der Waals surface area contributed by atoms with Crippen LogP contribution in [0.15, 0.2) is 25.7 Å². The van der Waals surface area contributed by atoms with Gasteiger partial charge in [0.2, 0.25) is 0 Å². The number of hydrogen-bond donors (Lipinski definition) is 0. The first-order chi connectivity index (χ1) is 7.24. The van der Waals surface area contributed by atoms with Crippen LogP contribution in [0.25, 0.3) is 0 Å². The molecule has 0 amide bonds. The van der Waals surface area contributed by atoms with Crippen LogP contribution in [-0.2, 0) is 9.47 Å². The minimum absolute atomic E-state index is 0.110. The van der Waals surface area contributed by atoms with Gasteiger partial charge in [0.25, 0.3) is 0 Å². The molecule has 0 spiro atoms. The molecule has 0 bridgehead atoms. The van der Waals surface area contributed by atoms with E-state index in [2.05, 4.69) is 27.0 Å². The highest BCUT2D eigenvalue weighted by Crippen LogP contribution is 2.30. The van der Waals surface area contributed by atoms with Gasteiger partial charge in [0.05, 0.1) is 25.7 Å².